The third-order valence-corrected chi connectivity index (χ3v) is 5.94. The Morgan fingerprint density at radius 3 is 2.68 bits per heavy atom. The van der Waals surface area contributed by atoms with E-state index in [9.17, 15) is 14.3 Å². The van der Waals surface area contributed by atoms with Gasteiger partial charge in [0.25, 0.3) is 0 Å². The lowest BCUT2D eigenvalue weighted by Gasteiger charge is -2.31. The Balaban J connectivity index is 1.44. The van der Waals surface area contributed by atoms with Gasteiger partial charge in [0.15, 0.2) is 0 Å². The number of hydrogen-bond acceptors (Lipinski definition) is 4. The SMILES string of the molecule is C=CCN(CCC[C@H](N)C(=O)N1CCC(O)CC1)C1C[C@H]1c1ccc(F)cc1. The molecule has 2 aliphatic rings. The molecule has 6 heteroatoms. The molecule has 0 spiro atoms. The number of carbonyl (C=O) groups is 1. The molecule has 0 radical (unpaired) electrons. The van der Waals surface area contributed by atoms with Crippen molar-refractivity contribution in [2.24, 2.45) is 5.73 Å². The maximum atomic E-state index is 13.1. The normalized spacial score (nSPS) is 23.6. The molecule has 0 bridgehead atoms. The van der Waals surface area contributed by atoms with E-state index in [4.69, 9.17) is 5.73 Å². The number of rotatable bonds is 9. The number of halogens is 1. The molecule has 1 aromatic carbocycles. The number of piperidine rings is 1. The van der Waals surface area contributed by atoms with Crippen molar-refractivity contribution in [1.29, 1.82) is 0 Å². The smallest absolute Gasteiger partial charge is 0.239 e. The number of nitrogens with two attached hydrogens (primary N) is 1. The van der Waals surface area contributed by atoms with Crippen LogP contribution in [0.3, 0.4) is 0 Å². The number of aliphatic hydroxyl groups excluding tert-OH is 1. The first kappa shape index (κ1) is 21.0. The fourth-order valence-corrected chi connectivity index (χ4v) is 4.17. The van der Waals surface area contributed by atoms with Gasteiger partial charge in [-0.05, 0) is 56.3 Å². The second-order valence-corrected chi connectivity index (χ2v) is 8.05. The van der Waals surface area contributed by atoms with Crippen molar-refractivity contribution in [2.75, 3.05) is 26.2 Å². The summed E-state index contributed by atoms with van der Waals surface area (Å²) in [5.41, 5.74) is 7.32. The molecule has 1 aliphatic heterocycles. The predicted molar refractivity (Wildman–Crippen MR) is 108 cm³/mol. The maximum Gasteiger partial charge on any atom is 0.239 e. The lowest BCUT2D eigenvalue weighted by atomic mass is 10.1. The quantitative estimate of drug-likeness (QED) is 0.636. The standard InChI is InChI=1S/C22H32FN3O2/c1-2-11-25(21-15-19(21)16-5-7-17(23)8-6-16)12-3-4-20(24)22(28)26-13-9-18(27)10-14-26/h2,5-8,18-21,27H,1,3-4,9-15,24H2/t19-,20-,21?/m0/s1. The molecule has 3 atom stereocenters. The van der Waals surface area contributed by atoms with Crippen LogP contribution < -0.4 is 5.73 Å². The Morgan fingerprint density at radius 2 is 2.04 bits per heavy atom. The molecule has 1 aliphatic carbocycles. The molecule has 3 rings (SSSR count). The number of likely N-dealkylation sites (tertiary alicyclic amines) is 1. The van der Waals surface area contributed by atoms with E-state index >= 15 is 0 Å². The van der Waals surface area contributed by atoms with Crippen molar-refractivity contribution in [3.63, 3.8) is 0 Å². The van der Waals surface area contributed by atoms with Crippen LogP contribution in [-0.4, -0.2) is 65.2 Å². The van der Waals surface area contributed by atoms with Crippen LogP contribution in [0.2, 0.25) is 0 Å². The summed E-state index contributed by atoms with van der Waals surface area (Å²) in [5.74, 6) is 0.235. The van der Waals surface area contributed by atoms with Gasteiger partial charge in [-0.25, -0.2) is 4.39 Å². The van der Waals surface area contributed by atoms with Crippen LogP contribution >= 0.6 is 0 Å². The Labute approximate surface area is 167 Å². The van der Waals surface area contributed by atoms with Crippen molar-refractivity contribution in [3.05, 3.63) is 48.3 Å². The van der Waals surface area contributed by atoms with Gasteiger partial charge in [0, 0.05) is 31.6 Å². The van der Waals surface area contributed by atoms with Crippen LogP contribution in [0.4, 0.5) is 4.39 Å². The van der Waals surface area contributed by atoms with Gasteiger partial charge in [-0.3, -0.25) is 9.69 Å². The van der Waals surface area contributed by atoms with E-state index in [0.29, 0.717) is 44.3 Å². The Morgan fingerprint density at radius 1 is 1.36 bits per heavy atom. The van der Waals surface area contributed by atoms with Crippen LogP contribution in [-0.2, 0) is 4.79 Å². The molecule has 28 heavy (non-hydrogen) atoms. The minimum absolute atomic E-state index is 0.00205. The number of benzene rings is 1. The summed E-state index contributed by atoms with van der Waals surface area (Å²) in [7, 11) is 0. The summed E-state index contributed by atoms with van der Waals surface area (Å²) in [5, 5.41) is 9.57. The zero-order valence-electron chi connectivity index (χ0n) is 16.5. The van der Waals surface area contributed by atoms with E-state index in [1.807, 2.05) is 18.2 Å². The molecule has 154 valence electrons. The van der Waals surface area contributed by atoms with Crippen LogP contribution in [0.1, 0.15) is 43.6 Å². The molecular weight excluding hydrogens is 357 g/mol. The monoisotopic (exact) mass is 389 g/mol. The van der Waals surface area contributed by atoms with E-state index in [1.165, 1.54) is 17.7 Å². The summed E-state index contributed by atoms with van der Waals surface area (Å²) < 4.78 is 13.1. The van der Waals surface area contributed by atoms with E-state index in [-0.39, 0.29) is 17.8 Å². The first-order valence-corrected chi connectivity index (χ1v) is 10.3. The zero-order chi connectivity index (χ0) is 20.1. The topological polar surface area (TPSA) is 69.8 Å². The predicted octanol–water partition coefficient (Wildman–Crippen LogP) is 2.26. The lowest BCUT2D eigenvalue weighted by molar-refractivity contribution is -0.134. The second kappa shape index (κ2) is 9.63. The number of nitrogens with zero attached hydrogens (tertiary/aromatic N) is 2. The number of hydrogen-bond donors (Lipinski definition) is 2. The molecule has 1 amide bonds. The molecule has 2 fully saturated rings. The van der Waals surface area contributed by atoms with Gasteiger partial charge in [-0.2, -0.15) is 0 Å². The number of aliphatic hydroxyl groups is 1. The van der Waals surface area contributed by atoms with Crippen LogP contribution in [0.5, 0.6) is 0 Å². The van der Waals surface area contributed by atoms with Crippen LogP contribution in [0.25, 0.3) is 0 Å². The maximum absolute atomic E-state index is 13.1. The van der Waals surface area contributed by atoms with Crippen molar-refractivity contribution in [2.45, 2.75) is 56.2 Å². The van der Waals surface area contributed by atoms with Gasteiger partial charge in [0.2, 0.25) is 5.91 Å². The van der Waals surface area contributed by atoms with Crippen LogP contribution in [0.15, 0.2) is 36.9 Å². The Bertz CT molecular complexity index is 658. The first-order chi connectivity index (χ1) is 13.5. The Kier molecular flexibility index (Phi) is 7.21. The molecule has 1 heterocycles. The van der Waals surface area contributed by atoms with E-state index in [2.05, 4.69) is 11.5 Å². The molecule has 1 unspecified atom stereocenters. The van der Waals surface area contributed by atoms with Gasteiger partial charge in [0.05, 0.1) is 12.1 Å². The third-order valence-electron chi connectivity index (χ3n) is 5.94. The minimum atomic E-state index is -0.479. The highest BCUT2D eigenvalue weighted by Gasteiger charge is 2.42. The lowest BCUT2D eigenvalue weighted by Crippen LogP contribution is -2.48. The van der Waals surface area contributed by atoms with Crippen molar-refractivity contribution in [1.82, 2.24) is 9.80 Å². The van der Waals surface area contributed by atoms with Gasteiger partial charge in [-0.1, -0.05) is 18.2 Å². The summed E-state index contributed by atoms with van der Waals surface area (Å²) in [6.07, 6.45) is 5.46. The number of carbonyl (C=O) groups excluding carboxylic acids is 1. The fourth-order valence-electron chi connectivity index (χ4n) is 4.17. The van der Waals surface area contributed by atoms with Gasteiger partial charge < -0.3 is 15.7 Å². The van der Waals surface area contributed by atoms with Crippen molar-refractivity contribution in [3.8, 4) is 0 Å². The van der Waals surface area contributed by atoms with Crippen LogP contribution in [0, 0.1) is 5.82 Å². The zero-order valence-corrected chi connectivity index (χ0v) is 16.5. The average molecular weight is 390 g/mol. The molecular formula is C22H32FN3O2. The molecule has 1 saturated heterocycles. The highest BCUT2D eigenvalue weighted by Crippen LogP contribution is 2.44. The number of amides is 1. The third kappa shape index (κ3) is 5.40. The molecule has 1 saturated carbocycles. The molecule has 1 aromatic rings. The minimum Gasteiger partial charge on any atom is -0.393 e. The highest BCUT2D eigenvalue weighted by molar-refractivity contribution is 5.81. The largest absolute Gasteiger partial charge is 0.393 e. The summed E-state index contributed by atoms with van der Waals surface area (Å²) in [4.78, 5) is 16.6. The van der Waals surface area contributed by atoms with Crippen molar-refractivity contribution < 1.29 is 14.3 Å². The van der Waals surface area contributed by atoms with Crippen molar-refractivity contribution >= 4 is 5.91 Å². The Hall–Kier alpha value is -1.76. The van der Waals surface area contributed by atoms with E-state index in [0.717, 1.165) is 25.9 Å². The highest BCUT2D eigenvalue weighted by atomic mass is 19.1. The second-order valence-electron chi connectivity index (χ2n) is 8.05. The summed E-state index contributed by atoms with van der Waals surface area (Å²) >= 11 is 0. The molecule has 3 N–H and O–H groups in total. The van der Waals surface area contributed by atoms with Gasteiger partial charge >= 0.3 is 0 Å². The molecule has 5 nitrogen and oxygen atoms in total. The molecule has 0 aromatic heterocycles. The van der Waals surface area contributed by atoms with E-state index < -0.39 is 6.04 Å². The summed E-state index contributed by atoms with van der Waals surface area (Å²) in [6, 6.07) is 6.75. The van der Waals surface area contributed by atoms with E-state index in [1.54, 1.807) is 4.90 Å². The average Bonchev–Trinajstić information content (AvgIpc) is 3.48. The summed E-state index contributed by atoms with van der Waals surface area (Å²) in [6.45, 7) is 6.72. The first-order valence-electron chi connectivity index (χ1n) is 10.3. The fraction of sp³-hybridized carbons (Fsp3) is 0.591. The van der Waals surface area contributed by atoms with Gasteiger partial charge in [-0.15, -0.1) is 6.58 Å². The van der Waals surface area contributed by atoms with Gasteiger partial charge in [0.1, 0.15) is 5.82 Å².